The SMILES string of the molecule is NC(CCCCB(O)O)C1CC(CCC2CCN(c3ccc(C(=O)O)cc3)CC2)C1.O=C=O. The highest BCUT2D eigenvalue weighted by molar-refractivity contribution is 6.40. The molecule has 1 aliphatic carbocycles. The predicted molar refractivity (Wildman–Crippen MR) is 126 cm³/mol. The number of carboxylic acids is 1. The number of carbonyl (C=O) groups excluding carboxylic acids is 2. The Bertz CT molecular complexity index is 740. The highest BCUT2D eigenvalue weighted by Gasteiger charge is 2.33. The minimum absolute atomic E-state index is 0.250. The molecule has 5 N–H and O–H groups in total. The second-order valence-corrected chi connectivity index (χ2v) is 9.47. The van der Waals surface area contributed by atoms with E-state index in [9.17, 15) is 4.79 Å². The van der Waals surface area contributed by atoms with Gasteiger partial charge in [0, 0.05) is 24.8 Å². The van der Waals surface area contributed by atoms with Crippen LogP contribution in [0.2, 0.25) is 6.32 Å². The van der Waals surface area contributed by atoms with Crippen molar-refractivity contribution in [1.82, 2.24) is 0 Å². The van der Waals surface area contributed by atoms with Crippen molar-refractivity contribution < 1.29 is 29.5 Å². The van der Waals surface area contributed by atoms with Gasteiger partial charge in [0.25, 0.3) is 0 Å². The highest BCUT2D eigenvalue weighted by atomic mass is 16.4. The average molecular weight is 460 g/mol. The van der Waals surface area contributed by atoms with Crippen molar-refractivity contribution in [2.24, 2.45) is 23.5 Å². The first kappa shape index (κ1) is 27.1. The van der Waals surface area contributed by atoms with E-state index >= 15 is 0 Å². The van der Waals surface area contributed by atoms with Gasteiger partial charge in [-0.05, 0) is 80.4 Å². The Morgan fingerprint density at radius 1 is 1.06 bits per heavy atom. The molecule has 3 rings (SSSR count). The number of nitrogens with zero attached hydrogens (tertiary/aromatic N) is 1. The lowest BCUT2D eigenvalue weighted by molar-refractivity contribution is -0.191. The monoisotopic (exact) mass is 460 g/mol. The number of unbranched alkanes of at least 4 members (excludes halogenated alkanes) is 1. The maximum atomic E-state index is 11.0. The van der Waals surface area contributed by atoms with Crippen molar-refractivity contribution in [3.05, 3.63) is 29.8 Å². The Labute approximate surface area is 196 Å². The first-order valence-corrected chi connectivity index (χ1v) is 12.0. The van der Waals surface area contributed by atoms with Crippen LogP contribution in [0, 0.1) is 17.8 Å². The molecule has 0 aromatic heterocycles. The van der Waals surface area contributed by atoms with Crippen LogP contribution in [0.1, 0.15) is 68.1 Å². The van der Waals surface area contributed by atoms with E-state index in [1.54, 1.807) is 12.1 Å². The molecule has 1 heterocycles. The number of rotatable bonds is 11. The molecule has 1 aromatic rings. The Kier molecular flexibility index (Phi) is 11.6. The van der Waals surface area contributed by atoms with Crippen LogP contribution in [-0.2, 0) is 9.59 Å². The van der Waals surface area contributed by atoms with Gasteiger partial charge >= 0.3 is 19.2 Å². The number of hydrogen-bond donors (Lipinski definition) is 4. The van der Waals surface area contributed by atoms with Crippen molar-refractivity contribution in [3.63, 3.8) is 0 Å². The Balaban J connectivity index is 0.00000122. The van der Waals surface area contributed by atoms with Crippen LogP contribution in [0.4, 0.5) is 5.69 Å². The van der Waals surface area contributed by atoms with Gasteiger partial charge in [0.2, 0.25) is 0 Å². The van der Waals surface area contributed by atoms with Crippen LogP contribution in [0.15, 0.2) is 24.3 Å². The summed E-state index contributed by atoms with van der Waals surface area (Å²) in [6.45, 7) is 2.11. The zero-order valence-corrected chi connectivity index (χ0v) is 19.3. The minimum atomic E-state index is -1.18. The van der Waals surface area contributed by atoms with Crippen LogP contribution in [-0.4, -0.2) is 53.5 Å². The maximum Gasteiger partial charge on any atom is 0.451 e. The van der Waals surface area contributed by atoms with E-state index in [4.69, 9.17) is 30.5 Å². The van der Waals surface area contributed by atoms with Crippen molar-refractivity contribution in [2.75, 3.05) is 18.0 Å². The van der Waals surface area contributed by atoms with Gasteiger partial charge < -0.3 is 25.8 Å². The van der Waals surface area contributed by atoms with Crippen molar-refractivity contribution in [3.8, 4) is 0 Å². The van der Waals surface area contributed by atoms with E-state index in [2.05, 4.69) is 4.90 Å². The second kappa shape index (κ2) is 14.2. The van der Waals surface area contributed by atoms with E-state index in [1.165, 1.54) is 38.5 Å². The number of carboxylic acid groups (broad SMARTS) is 1. The molecule has 2 aliphatic rings. The van der Waals surface area contributed by atoms with E-state index in [0.29, 0.717) is 17.8 Å². The number of benzene rings is 1. The highest BCUT2D eigenvalue weighted by Crippen LogP contribution is 2.41. The lowest BCUT2D eigenvalue weighted by Crippen LogP contribution is -2.39. The van der Waals surface area contributed by atoms with Crippen molar-refractivity contribution in [2.45, 2.75) is 70.1 Å². The number of carbonyl (C=O) groups is 1. The summed E-state index contributed by atoms with van der Waals surface area (Å²) in [4.78, 5) is 29.6. The fourth-order valence-electron chi connectivity index (χ4n) is 5.08. The van der Waals surface area contributed by atoms with Gasteiger partial charge in [-0.2, -0.15) is 9.59 Å². The van der Waals surface area contributed by atoms with E-state index in [0.717, 1.165) is 49.9 Å². The minimum Gasteiger partial charge on any atom is -0.478 e. The summed E-state index contributed by atoms with van der Waals surface area (Å²) in [7, 11) is -1.18. The third-order valence-corrected chi connectivity index (χ3v) is 7.20. The average Bonchev–Trinajstić information content (AvgIpc) is 2.76. The molecule has 1 aromatic carbocycles. The molecular formula is C24H37BN2O6. The Morgan fingerprint density at radius 2 is 1.64 bits per heavy atom. The Morgan fingerprint density at radius 3 is 2.18 bits per heavy atom. The molecule has 1 saturated carbocycles. The molecule has 0 amide bonds. The number of nitrogens with two attached hydrogens (primary N) is 1. The Hall–Kier alpha value is -2.19. The number of piperidine rings is 1. The quantitative estimate of drug-likeness (QED) is 0.292. The van der Waals surface area contributed by atoms with Gasteiger partial charge in [-0.25, -0.2) is 4.79 Å². The molecule has 2 fully saturated rings. The van der Waals surface area contributed by atoms with Gasteiger partial charge in [0.15, 0.2) is 0 Å². The van der Waals surface area contributed by atoms with Crippen LogP contribution in [0.5, 0.6) is 0 Å². The van der Waals surface area contributed by atoms with Gasteiger partial charge in [-0.15, -0.1) is 0 Å². The molecule has 0 bridgehead atoms. The molecule has 182 valence electrons. The molecular weight excluding hydrogens is 423 g/mol. The molecule has 1 aliphatic heterocycles. The molecule has 1 unspecified atom stereocenters. The third-order valence-electron chi connectivity index (χ3n) is 7.20. The lowest BCUT2D eigenvalue weighted by atomic mass is 9.68. The summed E-state index contributed by atoms with van der Waals surface area (Å²) in [5.41, 5.74) is 7.80. The van der Waals surface area contributed by atoms with Crippen LogP contribution >= 0.6 is 0 Å². The number of anilines is 1. The van der Waals surface area contributed by atoms with Crippen molar-refractivity contribution >= 4 is 24.9 Å². The number of aromatic carboxylic acids is 1. The fourth-order valence-corrected chi connectivity index (χ4v) is 5.08. The largest absolute Gasteiger partial charge is 0.478 e. The molecule has 9 heteroatoms. The second-order valence-electron chi connectivity index (χ2n) is 9.47. The van der Waals surface area contributed by atoms with Crippen LogP contribution in [0.25, 0.3) is 0 Å². The van der Waals surface area contributed by atoms with E-state index in [1.807, 2.05) is 12.1 Å². The third kappa shape index (κ3) is 9.30. The van der Waals surface area contributed by atoms with E-state index in [-0.39, 0.29) is 12.2 Å². The molecule has 1 atom stereocenters. The van der Waals surface area contributed by atoms with E-state index < -0.39 is 13.1 Å². The molecule has 33 heavy (non-hydrogen) atoms. The zero-order chi connectivity index (χ0) is 24.2. The first-order valence-electron chi connectivity index (χ1n) is 12.0. The lowest BCUT2D eigenvalue weighted by Gasteiger charge is -2.40. The summed E-state index contributed by atoms with van der Waals surface area (Å²) < 4.78 is 0. The normalized spacial score (nSPS) is 21.2. The summed E-state index contributed by atoms with van der Waals surface area (Å²) in [6, 6.07) is 7.50. The standard InChI is InChI=1S/C23H37BN2O4.CO2/c25-22(3-1-2-12-24(29)30)20-15-18(16-20)5-4-17-10-13-26(14-11-17)21-8-6-19(7-9-21)23(27)28;2-1-3/h6-9,17-18,20,22,29-30H,1-5,10-16,25H2,(H,27,28);. The fraction of sp³-hybridized carbons (Fsp3) is 0.667. The van der Waals surface area contributed by atoms with Gasteiger partial charge in [-0.3, -0.25) is 0 Å². The first-order chi connectivity index (χ1) is 15.8. The van der Waals surface area contributed by atoms with Gasteiger partial charge in [0.1, 0.15) is 0 Å². The predicted octanol–water partition coefficient (Wildman–Crippen LogP) is 2.79. The summed E-state index contributed by atoms with van der Waals surface area (Å²) in [5, 5.41) is 26.8. The summed E-state index contributed by atoms with van der Waals surface area (Å²) in [6.07, 6.45) is 11.1. The molecule has 0 spiro atoms. The number of hydrogen-bond acceptors (Lipinski definition) is 7. The van der Waals surface area contributed by atoms with Crippen molar-refractivity contribution in [1.29, 1.82) is 0 Å². The molecule has 1 saturated heterocycles. The zero-order valence-electron chi connectivity index (χ0n) is 19.3. The van der Waals surface area contributed by atoms with Crippen LogP contribution in [0.3, 0.4) is 0 Å². The summed E-state index contributed by atoms with van der Waals surface area (Å²) >= 11 is 0. The summed E-state index contributed by atoms with van der Waals surface area (Å²) in [5.74, 6) is 1.42. The van der Waals surface area contributed by atoms with Gasteiger partial charge in [0.05, 0.1) is 5.56 Å². The molecule has 8 nitrogen and oxygen atoms in total. The smallest absolute Gasteiger partial charge is 0.451 e. The topological polar surface area (TPSA) is 141 Å². The molecule has 0 radical (unpaired) electrons. The van der Waals surface area contributed by atoms with Crippen LogP contribution < -0.4 is 10.6 Å². The van der Waals surface area contributed by atoms with Gasteiger partial charge in [-0.1, -0.05) is 25.7 Å². The maximum absolute atomic E-state index is 11.0.